The van der Waals surface area contributed by atoms with Crippen molar-refractivity contribution in [3.05, 3.63) is 28.2 Å². The smallest absolute Gasteiger partial charge is 0.138 e. The minimum absolute atomic E-state index is 0.563. The van der Waals surface area contributed by atoms with Crippen LogP contribution < -0.4 is 10.1 Å². The monoisotopic (exact) mass is 302 g/mol. The molecule has 0 spiro atoms. The minimum atomic E-state index is 0.563. The number of halogens is 2. The first kappa shape index (κ1) is 14.9. The van der Waals surface area contributed by atoms with Gasteiger partial charge in [-0.15, -0.1) is 0 Å². The fraction of sp³-hybridized carbons (Fsp3) is 0.571. The van der Waals surface area contributed by atoms with Crippen molar-refractivity contribution in [2.45, 2.75) is 18.9 Å². The molecule has 1 aromatic carbocycles. The summed E-state index contributed by atoms with van der Waals surface area (Å²) in [7, 11) is 2.12. The van der Waals surface area contributed by atoms with Gasteiger partial charge in [-0.2, -0.15) is 0 Å². The summed E-state index contributed by atoms with van der Waals surface area (Å²) < 4.78 is 5.67. The Morgan fingerprint density at radius 1 is 1.42 bits per heavy atom. The second-order valence-electron chi connectivity index (χ2n) is 4.98. The molecule has 1 N–H and O–H groups in total. The maximum absolute atomic E-state index is 6.05. The maximum atomic E-state index is 6.05. The van der Waals surface area contributed by atoms with Gasteiger partial charge in [-0.1, -0.05) is 23.2 Å². The molecule has 0 aromatic heterocycles. The molecule has 1 fully saturated rings. The average Bonchev–Trinajstić information content (AvgIpc) is 2.84. The Hall–Kier alpha value is -0.480. The fourth-order valence-corrected chi connectivity index (χ4v) is 2.75. The molecule has 0 saturated carbocycles. The first-order chi connectivity index (χ1) is 9.15. The second-order valence-corrected chi connectivity index (χ2v) is 5.82. The van der Waals surface area contributed by atoms with E-state index < -0.39 is 0 Å². The van der Waals surface area contributed by atoms with Crippen molar-refractivity contribution in [1.82, 2.24) is 10.2 Å². The topological polar surface area (TPSA) is 24.5 Å². The number of nitrogens with one attached hydrogen (secondary N) is 1. The van der Waals surface area contributed by atoms with E-state index in [0.29, 0.717) is 28.4 Å². The van der Waals surface area contributed by atoms with Gasteiger partial charge in [0.25, 0.3) is 0 Å². The Bertz CT molecular complexity index is 408. The van der Waals surface area contributed by atoms with Gasteiger partial charge < -0.3 is 15.0 Å². The van der Waals surface area contributed by atoms with Crippen LogP contribution in [0.3, 0.4) is 0 Å². The van der Waals surface area contributed by atoms with Gasteiger partial charge in [-0.05, 0) is 44.6 Å². The number of ether oxygens (including phenoxy) is 1. The molecule has 1 atom stereocenters. The van der Waals surface area contributed by atoms with Gasteiger partial charge >= 0.3 is 0 Å². The van der Waals surface area contributed by atoms with E-state index in [4.69, 9.17) is 27.9 Å². The largest absolute Gasteiger partial charge is 0.491 e. The highest BCUT2D eigenvalue weighted by Crippen LogP contribution is 2.27. The molecule has 19 heavy (non-hydrogen) atoms. The van der Waals surface area contributed by atoms with Crippen molar-refractivity contribution >= 4 is 23.2 Å². The van der Waals surface area contributed by atoms with Crippen LogP contribution in [0.2, 0.25) is 10.0 Å². The zero-order chi connectivity index (χ0) is 13.7. The SMILES string of the molecule is CN(CCOc1ccc(Cl)cc1Cl)CC1CCCN1. The predicted octanol–water partition coefficient (Wildman–Crippen LogP) is 3.06. The molecule has 1 saturated heterocycles. The molecule has 1 heterocycles. The quantitative estimate of drug-likeness (QED) is 0.874. The summed E-state index contributed by atoms with van der Waals surface area (Å²) in [5.74, 6) is 0.693. The fourth-order valence-electron chi connectivity index (χ4n) is 2.28. The van der Waals surface area contributed by atoms with Crippen molar-refractivity contribution in [3.8, 4) is 5.75 Å². The first-order valence-corrected chi connectivity index (χ1v) is 7.40. The van der Waals surface area contributed by atoms with Gasteiger partial charge in [-0.3, -0.25) is 0 Å². The van der Waals surface area contributed by atoms with Crippen LogP contribution in [0.1, 0.15) is 12.8 Å². The van der Waals surface area contributed by atoms with E-state index >= 15 is 0 Å². The van der Waals surface area contributed by atoms with Crippen LogP contribution in [0, 0.1) is 0 Å². The lowest BCUT2D eigenvalue weighted by Gasteiger charge is -2.21. The van der Waals surface area contributed by atoms with Gasteiger partial charge in [0, 0.05) is 24.2 Å². The van der Waals surface area contributed by atoms with Crippen LogP contribution >= 0.6 is 23.2 Å². The van der Waals surface area contributed by atoms with Crippen molar-refractivity contribution in [3.63, 3.8) is 0 Å². The number of nitrogens with zero attached hydrogens (tertiary/aromatic N) is 1. The molecule has 3 nitrogen and oxygen atoms in total. The van der Waals surface area contributed by atoms with Crippen molar-refractivity contribution in [2.75, 3.05) is 33.3 Å². The van der Waals surface area contributed by atoms with Gasteiger partial charge in [0.05, 0.1) is 5.02 Å². The molecular weight excluding hydrogens is 283 g/mol. The Kier molecular flexibility index (Phi) is 5.76. The minimum Gasteiger partial charge on any atom is -0.491 e. The third-order valence-corrected chi connectivity index (χ3v) is 3.85. The average molecular weight is 303 g/mol. The Labute approximate surface area is 124 Å². The maximum Gasteiger partial charge on any atom is 0.138 e. The van der Waals surface area contributed by atoms with Gasteiger partial charge in [-0.25, -0.2) is 0 Å². The van der Waals surface area contributed by atoms with Crippen molar-refractivity contribution < 1.29 is 4.74 Å². The highest BCUT2D eigenvalue weighted by molar-refractivity contribution is 6.35. The van der Waals surface area contributed by atoms with E-state index in [2.05, 4.69) is 17.3 Å². The number of hydrogen-bond donors (Lipinski definition) is 1. The molecule has 1 aliphatic rings. The molecular formula is C14H20Cl2N2O. The molecule has 0 radical (unpaired) electrons. The predicted molar refractivity (Wildman–Crippen MR) is 80.5 cm³/mol. The van der Waals surface area contributed by atoms with E-state index in [9.17, 15) is 0 Å². The second kappa shape index (κ2) is 7.34. The summed E-state index contributed by atoms with van der Waals surface area (Å²) in [5, 5.41) is 4.68. The molecule has 5 heteroatoms. The molecule has 1 unspecified atom stereocenters. The first-order valence-electron chi connectivity index (χ1n) is 6.65. The number of hydrogen-bond acceptors (Lipinski definition) is 3. The van der Waals surface area contributed by atoms with Crippen molar-refractivity contribution in [2.24, 2.45) is 0 Å². The normalized spacial score (nSPS) is 19.1. The number of benzene rings is 1. The molecule has 106 valence electrons. The molecule has 0 bridgehead atoms. The van der Waals surface area contributed by atoms with Gasteiger partial charge in [0.1, 0.15) is 12.4 Å². The Morgan fingerprint density at radius 2 is 2.26 bits per heavy atom. The summed E-state index contributed by atoms with van der Waals surface area (Å²) in [6, 6.07) is 5.92. The highest BCUT2D eigenvalue weighted by Gasteiger charge is 2.15. The van der Waals surface area contributed by atoms with Crippen LogP contribution in [0.25, 0.3) is 0 Å². The van der Waals surface area contributed by atoms with Crippen LogP contribution in [0.4, 0.5) is 0 Å². The molecule has 0 amide bonds. The van der Waals surface area contributed by atoms with Crippen molar-refractivity contribution in [1.29, 1.82) is 0 Å². The van der Waals surface area contributed by atoms with E-state index in [0.717, 1.165) is 19.6 Å². The van der Waals surface area contributed by atoms with E-state index in [1.54, 1.807) is 12.1 Å². The van der Waals surface area contributed by atoms with E-state index in [-0.39, 0.29) is 0 Å². The summed E-state index contributed by atoms with van der Waals surface area (Å²) in [6.45, 7) is 3.73. The number of likely N-dealkylation sites (N-methyl/N-ethyl adjacent to an activating group) is 1. The highest BCUT2D eigenvalue weighted by atomic mass is 35.5. The lowest BCUT2D eigenvalue weighted by Crippen LogP contribution is -2.37. The Balaban J connectivity index is 1.70. The lowest BCUT2D eigenvalue weighted by atomic mass is 10.2. The summed E-state index contributed by atoms with van der Waals surface area (Å²) in [4.78, 5) is 2.28. The standard InChI is InChI=1S/C14H20Cl2N2O/c1-18(10-12-3-2-6-17-12)7-8-19-14-5-4-11(15)9-13(14)16/h4-5,9,12,17H,2-3,6-8,10H2,1H3. The zero-order valence-electron chi connectivity index (χ0n) is 11.2. The van der Waals surface area contributed by atoms with Crippen LogP contribution in [-0.2, 0) is 0 Å². The number of rotatable bonds is 6. The van der Waals surface area contributed by atoms with E-state index in [1.165, 1.54) is 12.8 Å². The summed E-state index contributed by atoms with van der Waals surface area (Å²) >= 11 is 11.9. The lowest BCUT2D eigenvalue weighted by molar-refractivity contribution is 0.226. The molecule has 2 rings (SSSR count). The van der Waals surface area contributed by atoms with Crippen LogP contribution in [-0.4, -0.2) is 44.2 Å². The zero-order valence-corrected chi connectivity index (χ0v) is 12.7. The molecule has 1 aromatic rings. The third-order valence-electron chi connectivity index (χ3n) is 3.32. The molecule has 0 aliphatic carbocycles. The summed E-state index contributed by atoms with van der Waals surface area (Å²) in [6.07, 6.45) is 2.56. The third kappa shape index (κ3) is 4.84. The van der Waals surface area contributed by atoms with E-state index in [1.807, 2.05) is 6.07 Å². The molecule has 1 aliphatic heterocycles. The van der Waals surface area contributed by atoms with Gasteiger partial charge in [0.2, 0.25) is 0 Å². The van der Waals surface area contributed by atoms with Crippen LogP contribution in [0.5, 0.6) is 5.75 Å². The van der Waals surface area contributed by atoms with Gasteiger partial charge in [0.15, 0.2) is 0 Å². The van der Waals surface area contributed by atoms with Crippen LogP contribution in [0.15, 0.2) is 18.2 Å². The summed E-state index contributed by atoms with van der Waals surface area (Å²) in [5.41, 5.74) is 0. The Morgan fingerprint density at radius 3 is 2.95 bits per heavy atom.